The summed E-state index contributed by atoms with van der Waals surface area (Å²) in [4.78, 5) is 20.9. The van der Waals surface area contributed by atoms with Crippen molar-refractivity contribution in [3.05, 3.63) is 34.1 Å². The highest BCUT2D eigenvalue weighted by atomic mass is 19.1. The van der Waals surface area contributed by atoms with Crippen molar-refractivity contribution in [1.82, 2.24) is 5.32 Å². The van der Waals surface area contributed by atoms with Crippen LogP contribution < -0.4 is 10.6 Å². The van der Waals surface area contributed by atoms with E-state index in [4.69, 9.17) is 0 Å². The first-order chi connectivity index (χ1) is 8.54. The number of amides is 1. The lowest BCUT2D eigenvalue weighted by atomic mass is 10.2. The number of non-ortho nitro benzene ring substituents is 1. The molecule has 0 saturated carbocycles. The smallest absolute Gasteiger partial charge is 0.274 e. The van der Waals surface area contributed by atoms with Gasteiger partial charge in [-0.1, -0.05) is 0 Å². The van der Waals surface area contributed by atoms with Crippen molar-refractivity contribution in [2.45, 2.75) is 18.9 Å². The third-order valence-corrected chi connectivity index (χ3v) is 2.73. The second kappa shape index (κ2) is 4.99. The number of rotatable bonds is 4. The molecule has 1 amide bonds. The fourth-order valence-corrected chi connectivity index (χ4v) is 1.85. The second-order valence-corrected chi connectivity index (χ2v) is 4.14. The summed E-state index contributed by atoms with van der Waals surface area (Å²) in [7, 11) is 0. The van der Waals surface area contributed by atoms with Crippen LogP contribution in [0.1, 0.15) is 12.8 Å². The Labute approximate surface area is 102 Å². The SMILES string of the molecule is O=C1CCC(CNc2cc(F)cc([N+](=O)[O-])c2)N1. The molecule has 1 aliphatic rings. The lowest BCUT2D eigenvalue weighted by Crippen LogP contribution is -2.31. The molecule has 1 unspecified atom stereocenters. The van der Waals surface area contributed by atoms with Gasteiger partial charge in [-0.05, 0) is 12.5 Å². The van der Waals surface area contributed by atoms with Crippen LogP contribution in [0.25, 0.3) is 0 Å². The van der Waals surface area contributed by atoms with Crippen molar-refractivity contribution >= 4 is 17.3 Å². The van der Waals surface area contributed by atoms with E-state index in [1.165, 1.54) is 12.1 Å². The number of benzene rings is 1. The minimum Gasteiger partial charge on any atom is -0.383 e. The van der Waals surface area contributed by atoms with Gasteiger partial charge in [-0.2, -0.15) is 0 Å². The van der Waals surface area contributed by atoms with Crippen LogP contribution in [0.3, 0.4) is 0 Å². The van der Waals surface area contributed by atoms with E-state index in [1.807, 2.05) is 0 Å². The number of carbonyl (C=O) groups is 1. The van der Waals surface area contributed by atoms with Gasteiger partial charge in [0.05, 0.1) is 11.0 Å². The Hall–Kier alpha value is -2.18. The van der Waals surface area contributed by atoms with Crippen LogP contribution in [-0.2, 0) is 4.79 Å². The van der Waals surface area contributed by atoms with Crippen LogP contribution in [0.4, 0.5) is 15.8 Å². The highest BCUT2D eigenvalue weighted by molar-refractivity contribution is 5.78. The molecule has 0 aromatic heterocycles. The highest BCUT2D eigenvalue weighted by Crippen LogP contribution is 2.20. The Morgan fingerprint density at radius 2 is 2.28 bits per heavy atom. The first-order valence-electron chi connectivity index (χ1n) is 5.53. The molecule has 0 bridgehead atoms. The molecule has 1 saturated heterocycles. The predicted molar refractivity (Wildman–Crippen MR) is 62.7 cm³/mol. The summed E-state index contributed by atoms with van der Waals surface area (Å²) in [6.45, 7) is 0.423. The summed E-state index contributed by atoms with van der Waals surface area (Å²) >= 11 is 0. The maximum absolute atomic E-state index is 13.1. The van der Waals surface area contributed by atoms with Crippen molar-refractivity contribution in [2.75, 3.05) is 11.9 Å². The molecule has 1 atom stereocenters. The number of hydrogen-bond acceptors (Lipinski definition) is 4. The average Bonchev–Trinajstić information content (AvgIpc) is 2.72. The van der Waals surface area contributed by atoms with E-state index < -0.39 is 10.7 Å². The summed E-state index contributed by atoms with van der Waals surface area (Å²) in [6.07, 6.45) is 1.19. The van der Waals surface area contributed by atoms with E-state index >= 15 is 0 Å². The molecule has 0 spiro atoms. The van der Waals surface area contributed by atoms with Crippen molar-refractivity contribution in [3.8, 4) is 0 Å². The highest BCUT2D eigenvalue weighted by Gasteiger charge is 2.20. The number of carbonyl (C=O) groups excluding carboxylic acids is 1. The third-order valence-electron chi connectivity index (χ3n) is 2.73. The Balaban J connectivity index is 2.00. The van der Waals surface area contributed by atoms with Gasteiger partial charge in [0, 0.05) is 30.8 Å². The topological polar surface area (TPSA) is 84.3 Å². The van der Waals surface area contributed by atoms with Gasteiger partial charge in [-0.15, -0.1) is 0 Å². The molecule has 6 nitrogen and oxygen atoms in total. The number of nitrogens with zero attached hydrogens (tertiary/aromatic N) is 1. The van der Waals surface area contributed by atoms with Crippen LogP contribution in [0.15, 0.2) is 18.2 Å². The molecule has 2 rings (SSSR count). The molecule has 7 heteroatoms. The molecule has 0 aliphatic carbocycles. The lowest BCUT2D eigenvalue weighted by Gasteiger charge is -2.12. The molecular weight excluding hydrogens is 241 g/mol. The average molecular weight is 253 g/mol. The molecule has 96 valence electrons. The molecular formula is C11H12FN3O3. The van der Waals surface area contributed by atoms with Crippen LogP contribution in [-0.4, -0.2) is 23.4 Å². The fourth-order valence-electron chi connectivity index (χ4n) is 1.85. The van der Waals surface area contributed by atoms with Gasteiger partial charge >= 0.3 is 0 Å². The Kier molecular flexibility index (Phi) is 3.40. The van der Waals surface area contributed by atoms with Crippen molar-refractivity contribution in [1.29, 1.82) is 0 Å². The van der Waals surface area contributed by atoms with Gasteiger partial charge in [0.2, 0.25) is 5.91 Å². The minimum atomic E-state index is -0.665. The monoisotopic (exact) mass is 253 g/mol. The molecule has 1 aromatic rings. The van der Waals surface area contributed by atoms with E-state index in [1.54, 1.807) is 0 Å². The van der Waals surface area contributed by atoms with Crippen LogP contribution in [0.5, 0.6) is 0 Å². The molecule has 0 radical (unpaired) electrons. The largest absolute Gasteiger partial charge is 0.383 e. The van der Waals surface area contributed by atoms with Gasteiger partial charge in [0.25, 0.3) is 5.69 Å². The fraction of sp³-hybridized carbons (Fsp3) is 0.364. The summed E-state index contributed by atoms with van der Waals surface area (Å²) in [5, 5.41) is 16.2. The first-order valence-corrected chi connectivity index (χ1v) is 5.53. The zero-order valence-corrected chi connectivity index (χ0v) is 9.48. The first kappa shape index (κ1) is 12.3. The second-order valence-electron chi connectivity index (χ2n) is 4.14. The molecule has 1 heterocycles. The normalized spacial score (nSPS) is 18.5. The van der Waals surface area contributed by atoms with Crippen molar-refractivity contribution in [2.24, 2.45) is 0 Å². The third kappa shape index (κ3) is 2.93. The lowest BCUT2D eigenvalue weighted by molar-refractivity contribution is -0.385. The van der Waals surface area contributed by atoms with E-state index in [2.05, 4.69) is 10.6 Å². The Bertz CT molecular complexity index is 492. The number of nitro benzene ring substituents is 1. The van der Waals surface area contributed by atoms with E-state index in [0.29, 0.717) is 25.1 Å². The number of hydrogen-bond donors (Lipinski definition) is 2. The molecule has 1 fully saturated rings. The Morgan fingerprint density at radius 1 is 1.50 bits per heavy atom. The molecule has 2 N–H and O–H groups in total. The predicted octanol–water partition coefficient (Wildman–Crippen LogP) is 1.42. The molecule has 1 aliphatic heterocycles. The van der Waals surface area contributed by atoms with E-state index in [9.17, 15) is 19.3 Å². The van der Waals surface area contributed by atoms with Crippen molar-refractivity contribution in [3.63, 3.8) is 0 Å². The van der Waals surface area contributed by atoms with Gasteiger partial charge in [-0.3, -0.25) is 14.9 Å². The number of anilines is 1. The quantitative estimate of drug-likeness (QED) is 0.628. The van der Waals surface area contributed by atoms with E-state index in [-0.39, 0.29) is 17.6 Å². The minimum absolute atomic E-state index is 0.00739. The molecule has 1 aromatic carbocycles. The summed E-state index contributed by atoms with van der Waals surface area (Å²) < 4.78 is 13.1. The van der Waals surface area contributed by atoms with Crippen molar-refractivity contribution < 1.29 is 14.1 Å². The van der Waals surface area contributed by atoms with Crippen LogP contribution in [0, 0.1) is 15.9 Å². The molecule has 18 heavy (non-hydrogen) atoms. The van der Waals surface area contributed by atoms with Gasteiger partial charge < -0.3 is 10.6 Å². The zero-order chi connectivity index (χ0) is 13.1. The maximum Gasteiger partial charge on any atom is 0.274 e. The van der Waals surface area contributed by atoms with Gasteiger partial charge in [0.1, 0.15) is 5.82 Å². The van der Waals surface area contributed by atoms with Gasteiger partial charge in [-0.25, -0.2) is 4.39 Å². The van der Waals surface area contributed by atoms with Crippen LogP contribution in [0.2, 0.25) is 0 Å². The number of halogens is 1. The van der Waals surface area contributed by atoms with E-state index in [0.717, 1.165) is 6.07 Å². The Morgan fingerprint density at radius 3 is 2.89 bits per heavy atom. The standard InChI is InChI=1S/C11H12FN3O3/c12-7-3-9(5-10(4-7)15(17)18)13-6-8-1-2-11(16)14-8/h3-5,8,13H,1-2,6H2,(H,14,16). The summed E-state index contributed by atoms with van der Waals surface area (Å²) in [5.74, 6) is -0.672. The number of nitrogens with one attached hydrogen (secondary N) is 2. The maximum atomic E-state index is 13.1. The summed E-state index contributed by atoms with van der Waals surface area (Å²) in [5.41, 5.74) is 0.0378. The summed E-state index contributed by atoms with van der Waals surface area (Å²) in [6, 6.07) is 3.30. The van der Waals surface area contributed by atoms with Crippen LogP contribution >= 0.6 is 0 Å². The number of nitro groups is 1. The van der Waals surface area contributed by atoms with Gasteiger partial charge in [0.15, 0.2) is 0 Å². The zero-order valence-electron chi connectivity index (χ0n) is 9.48.